The average molecular weight is 182 g/mol. The third kappa shape index (κ3) is 1.37. The molecule has 1 aromatic heterocycles. The highest BCUT2D eigenvalue weighted by atomic mass is 16.5. The quantitative estimate of drug-likeness (QED) is 0.741. The molecule has 0 radical (unpaired) electrons. The van der Waals surface area contributed by atoms with Crippen LogP contribution in [-0.2, 0) is 10.3 Å². The van der Waals surface area contributed by atoms with Gasteiger partial charge in [0.1, 0.15) is 5.54 Å². The summed E-state index contributed by atoms with van der Waals surface area (Å²) in [6.07, 6.45) is 2.87. The molecular formula is C8H10N2O3. The minimum atomic E-state index is -0.436. The highest BCUT2D eigenvalue weighted by Crippen LogP contribution is 2.45. The number of carbonyl (C=O) groups is 1. The summed E-state index contributed by atoms with van der Waals surface area (Å²) in [5.74, 6) is 0.693. The summed E-state index contributed by atoms with van der Waals surface area (Å²) < 4.78 is 9.50. The van der Waals surface area contributed by atoms with Crippen LogP contribution in [0.4, 0.5) is 4.79 Å². The van der Waals surface area contributed by atoms with E-state index in [2.05, 4.69) is 15.2 Å². The zero-order valence-corrected chi connectivity index (χ0v) is 7.24. The van der Waals surface area contributed by atoms with E-state index in [9.17, 15) is 4.79 Å². The second kappa shape index (κ2) is 2.76. The molecule has 0 atom stereocenters. The van der Waals surface area contributed by atoms with E-state index in [1.807, 2.05) is 0 Å². The lowest BCUT2D eigenvalue weighted by Crippen LogP contribution is -2.34. The molecule has 0 spiro atoms. The Kier molecular flexibility index (Phi) is 1.72. The van der Waals surface area contributed by atoms with Crippen LogP contribution in [0.5, 0.6) is 0 Å². The van der Waals surface area contributed by atoms with Crippen LogP contribution in [0.15, 0.2) is 16.8 Å². The standard InChI is InChI=1S/C8H10N2O3/c1-12-7(11)10-8(3-4-8)6-2-5-9-13-6/h2,5H,3-4H2,1H3,(H,10,11). The van der Waals surface area contributed by atoms with Gasteiger partial charge >= 0.3 is 6.09 Å². The van der Waals surface area contributed by atoms with E-state index in [1.54, 1.807) is 12.3 Å². The molecule has 13 heavy (non-hydrogen) atoms. The third-order valence-corrected chi connectivity index (χ3v) is 2.19. The lowest BCUT2D eigenvalue weighted by molar-refractivity contribution is 0.162. The molecule has 0 aromatic carbocycles. The molecule has 0 aliphatic heterocycles. The molecule has 1 amide bonds. The number of amides is 1. The van der Waals surface area contributed by atoms with Gasteiger partial charge in [-0.3, -0.25) is 0 Å². The molecular weight excluding hydrogens is 172 g/mol. The number of ether oxygens (including phenoxy) is 1. The average Bonchev–Trinajstić information content (AvgIpc) is 2.70. The maximum absolute atomic E-state index is 11.0. The molecule has 0 bridgehead atoms. The van der Waals surface area contributed by atoms with Gasteiger partial charge in [-0.05, 0) is 12.8 Å². The SMILES string of the molecule is COC(=O)NC1(c2ccno2)CC1. The monoisotopic (exact) mass is 182 g/mol. The normalized spacial score (nSPS) is 17.9. The summed E-state index contributed by atoms with van der Waals surface area (Å²) in [7, 11) is 1.34. The summed E-state index contributed by atoms with van der Waals surface area (Å²) in [5, 5.41) is 6.32. The van der Waals surface area contributed by atoms with Crippen molar-refractivity contribution in [2.24, 2.45) is 0 Å². The molecule has 1 saturated carbocycles. The van der Waals surface area contributed by atoms with E-state index in [-0.39, 0.29) is 5.54 Å². The lowest BCUT2D eigenvalue weighted by atomic mass is 10.2. The molecule has 5 nitrogen and oxygen atoms in total. The summed E-state index contributed by atoms with van der Waals surface area (Å²) in [6, 6.07) is 1.75. The summed E-state index contributed by atoms with van der Waals surface area (Å²) in [5.41, 5.74) is -0.358. The number of hydrogen-bond acceptors (Lipinski definition) is 4. The third-order valence-electron chi connectivity index (χ3n) is 2.19. The van der Waals surface area contributed by atoms with Crippen molar-refractivity contribution in [3.63, 3.8) is 0 Å². The van der Waals surface area contributed by atoms with Gasteiger partial charge in [-0.25, -0.2) is 4.79 Å². The number of nitrogens with zero attached hydrogens (tertiary/aromatic N) is 1. The fourth-order valence-electron chi connectivity index (χ4n) is 1.27. The second-order valence-corrected chi connectivity index (χ2v) is 3.08. The zero-order valence-electron chi connectivity index (χ0n) is 7.24. The van der Waals surface area contributed by atoms with Crippen molar-refractivity contribution in [1.29, 1.82) is 0 Å². The van der Waals surface area contributed by atoms with Gasteiger partial charge in [-0.15, -0.1) is 0 Å². The van der Waals surface area contributed by atoms with Crippen LogP contribution in [-0.4, -0.2) is 18.4 Å². The second-order valence-electron chi connectivity index (χ2n) is 3.08. The Morgan fingerprint density at radius 3 is 3.00 bits per heavy atom. The minimum Gasteiger partial charge on any atom is -0.453 e. The maximum Gasteiger partial charge on any atom is 0.407 e. The first kappa shape index (κ1) is 8.10. The number of hydrogen-bond donors (Lipinski definition) is 1. The number of rotatable bonds is 2. The first-order chi connectivity index (χ1) is 6.27. The van der Waals surface area contributed by atoms with Gasteiger partial charge in [0.2, 0.25) is 0 Å². The molecule has 70 valence electrons. The van der Waals surface area contributed by atoms with Crippen molar-refractivity contribution >= 4 is 6.09 Å². The van der Waals surface area contributed by atoms with E-state index in [0.717, 1.165) is 12.8 Å². The highest BCUT2D eigenvalue weighted by molar-refractivity contribution is 5.69. The topological polar surface area (TPSA) is 64.4 Å². The number of aromatic nitrogens is 1. The highest BCUT2D eigenvalue weighted by Gasteiger charge is 2.49. The molecule has 1 aromatic rings. The fourth-order valence-corrected chi connectivity index (χ4v) is 1.27. The molecule has 1 fully saturated rings. The van der Waals surface area contributed by atoms with Gasteiger partial charge in [0.25, 0.3) is 0 Å². The van der Waals surface area contributed by atoms with E-state index in [0.29, 0.717) is 5.76 Å². The van der Waals surface area contributed by atoms with Gasteiger partial charge in [-0.1, -0.05) is 5.16 Å². The number of alkyl carbamates (subject to hydrolysis) is 1. The Morgan fingerprint density at radius 2 is 2.54 bits per heavy atom. The van der Waals surface area contributed by atoms with Gasteiger partial charge in [0.05, 0.1) is 13.3 Å². The van der Waals surface area contributed by atoms with E-state index in [1.165, 1.54) is 7.11 Å². The molecule has 2 rings (SSSR count). The Labute approximate surface area is 75.0 Å². The van der Waals surface area contributed by atoms with Gasteiger partial charge in [0, 0.05) is 6.07 Å². The zero-order chi connectivity index (χ0) is 9.31. The minimum absolute atomic E-state index is 0.358. The molecule has 0 unspecified atom stereocenters. The van der Waals surface area contributed by atoms with Crippen molar-refractivity contribution in [1.82, 2.24) is 10.5 Å². The van der Waals surface area contributed by atoms with Gasteiger partial charge < -0.3 is 14.6 Å². The Hall–Kier alpha value is -1.52. The molecule has 1 N–H and O–H groups in total. The number of nitrogens with one attached hydrogen (secondary N) is 1. The van der Waals surface area contributed by atoms with Crippen molar-refractivity contribution in [2.75, 3.05) is 7.11 Å². The first-order valence-electron chi connectivity index (χ1n) is 4.04. The molecule has 5 heteroatoms. The number of methoxy groups -OCH3 is 1. The van der Waals surface area contributed by atoms with Crippen LogP contribution in [0.25, 0.3) is 0 Å². The van der Waals surface area contributed by atoms with Crippen LogP contribution < -0.4 is 5.32 Å². The smallest absolute Gasteiger partial charge is 0.407 e. The van der Waals surface area contributed by atoms with E-state index < -0.39 is 6.09 Å². The number of carbonyl (C=O) groups excluding carboxylic acids is 1. The van der Waals surface area contributed by atoms with Gasteiger partial charge in [-0.2, -0.15) is 0 Å². The van der Waals surface area contributed by atoms with E-state index >= 15 is 0 Å². The van der Waals surface area contributed by atoms with E-state index in [4.69, 9.17) is 4.52 Å². The predicted octanol–water partition coefficient (Wildman–Crippen LogP) is 1.02. The Balaban J connectivity index is 2.10. The van der Waals surface area contributed by atoms with Crippen molar-refractivity contribution in [3.8, 4) is 0 Å². The lowest BCUT2D eigenvalue weighted by Gasteiger charge is -2.11. The fraction of sp³-hybridized carbons (Fsp3) is 0.500. The first-order valence-corrected chi connectivity index (χ1v) is 4.04. The Morgan fingerprint density at radius 1 is 1.77 bits per heavy atom. The largest absolute Gasteiger partial charge is 0.453 e. The van der Waals surface area contributed by atoms with Crippen LogP contribution in [0.1, 0.15) is 18.6 Å². The summed E-state index contributed by atoms with van der Waals surface area (Å²) in [4.78, 5) is 11.0. The van der Waals surface area contributed by atoms with Crippen molar-refractivity contribution in [2.45, 2.75) is 18.4 Å². The van der Waals surface area contributed by atoms with Crippen molar-refractivity contribution < 1.29 is 14.1 Å². The maximum atomic E-state index is 11.0. The van der Waals surface area contributed by atoms with Crippen LogP contribution in [0, 0.1) is 0 Å². The molecule has 1 aliphatic rings. The van der Waals surface area contributed by atoms with Crippen LogP contribution in [0.2, 0.25) is 0 Å². The predicted molar refractivity (Wildman–Crippen MR) is 43.0 cm³/mol. The summed E-state index contributed by atoms with van der Waals surface area (Å²) in [6.45, 7) is 0. The Bertz CT molecular complexity index is 303. The molecule has 0 saturated heterocycles. The van der Waals surface area contributed by atoms with Gasteiger partial charge in [0.15, 0.2) is 5.76 Å². The molecule has 1 heterocycles. The van der Waals surface area contributed by atoms with Crippen LogP contribution in [0.3, 0.4) is 0 Å². The van der Waals surface area contributed by atoms with Crippen LogP contribution >= 0.6 is 0 Å². The molecule has 1 aliphatic carbocycles. The van der Waals surface area contributed by atoms with Crippen molar-refractivity contribution in [3.05, 3.63) is 18.0 Å². The summed E-state index contributed by atoms with van der Waals surface area (Å²) >= 11 is 0.